The van der Waals surface area contributed by atoms with Crippen molar-refractivity contribution in [1.29, 1.82) is 0 Å². The highest BCUT2D eigenvalue weighted by atomic mass is 19.1. The maximum atomic E-state index is 12.0. The quantitative estimate of drug-likeness (QED) is 0.555. The van der Waals surface area contributed by atoms with Crippen molar-refractivity contribution in [3.63, 3.8) is 0 Å². The second-order valence-corrected chi connectivity index (χ2v) is 1.88. The molecule has 0 aliphatic carbocycles. The predicted octanol–water partition coefficient (Wildman–Crippen LogP) is 0.593. The molecule has 4 heteroatoms. The van der Waals surface area contributed by atoms with Crippen LogP contribution in [0.1, 0.15) is 11.4 Å². The molecule has 0 aliphatic rings. The summed E-state index contributed by atoms with van der Waals surface area (Å²) in [6, 6.07) is 0. The first-order valence-electron chi connectivity index (χ1n) is 2.67. The Hall–Kier alpha value is -0.930. The van der Waals surface area contributed by atoms with Crippen molar-refractivity contribution < 1.29 is 4.39 Å². The first kappa shape index (κ1) is 6.19. The molecule has 0 saturated heterocycles. The zero-order chi connectivity index (χ0) is 6.85. The molecule has 3 nitrogen and oxygen atoms in total. The van der Waals surface area contributed by atoms with Crippen LogP contribution < -0.4 is 0 Å². The van der Waals surface area contributed by atoms with Crippen LogP contribution in [0.4, 0.5) is 4.39 Å². The molecule has 50 valence electrons. The minimum absolute atomic E-state index is 0.491. The van der Waals surface area contributed by atoms with Gasteiger partial charge in [-0.3, -0.25) is 0 Å². The zero-order valence-electron chi connectivity index (χ0n) is 5.43. The Kier molecular flexibility index (Phi) is 1.46. The monoisotopic (exact) mass is 129 g/mol. The fourth-order valence-corrected chi connectivity index (χ4v) is 0.663. The van der Waals surface area contributed by atoms with Crippen LogP contribution in [0.15, 0.2) is 0 Å². The number of halogens is 1. The normalized spacial score (nSPS) is 10.1. The summed E-state index contributed by atoms with van der Waals surface area (Å²) in [6.45, 7) is 1.25. The van der Waals surface area contributed by atoms with E-state index in [1.54, 1.807) is 14.0 Å². The summed E-state index contributed by atoms with van der Waals surface area (Å²) in [4.78, 5) is 0. The van der Waals surface area contributed by atoms with Gasteiger partial charge >= 0.3 is 0 Å². The molecular weight excluding hydrogens is 121 g/mol. The highest BCUT2D eigenvalue weighted by Crippen LogP contribution is 2.02. The molecule has 0 bridgehead atoms. The summed E-state index contributed by atoms with van der Waals surface area (Å²) in [6.07, 6.45) is 0. The Labute approximate surface area is 52.5 Å². The molecule has 0 atom stereocenters. The Bertz CT molecular complexity index is 186. The number of aryl methyl sites for hydroxylation is 2. The molecule has 0 spiro atoms. The van der Waals surface area contributed by atoms with E-state index in [1.807, 2.05) is 0 Å². The lowest BCUT2D eigenvalue weighted by Gasteiger charge is -1.91. The van der Waals surface area contributed by atoms with Crippen molar-refractivity contribution in [3.05, 3.63) is 11.4 Å². The fraction of sp³-hybridized carbons (Fsp3) is 0.600. The number of hydrogen-bond acceptors (Lipinski definition) is 2. The molecule has 0 radical (unpaired) electrons. The van der Waals surface area contributed by atoms with Gasteiger partial charge in [0.05, 0.1) is 11.4 Å². The van der Waals surface area contributed by atoms with Gasteiger partial charge in [0.15, 0.2) is 0 Å². The SMILES string of the molecule is Cc1nnn(C)c1CF. The number of alkyl halides is 1. The van der Waals surface area contributed by atoms with Crippen molar-refractivity contribution in [3.8, 4) is 0 Å². The van der Waals surface area contributed by atoms with Gasteiger partial charge in [-0.2, -0.15) is 0 Å². The molecule has 1 aromatic rings. The van der Waals surface area contributed by atoms with Crippen LogP contribution in [-0.2, 0) is 13.7 Å². The number of rotatable bonds is 1. The van der Waals surface area contributed by atoms with Crippen LogP contribution >= 0.6 is 0 Å². The van der Waals surface area contributed by atoms with Gasteiger partial charge in [0, 0.05) is 7.05 Å². The van der Waals surface area contributed by atoms with E-state index in [1.165, 1.54) is 4.68 Å². The fourth-order valence-electron chi connectivity index (χ4n) is 0.663. The van der Waals surface area contributed by atoms with Crippen molar-refractivity contribution in [1.82, 2.24) is 15.0 Å². The van der Waals surface area contributed by atoms with E-state index in [0.717, 1.165) is 0 Å². The Morgan fingerprint density at radius 3 is 2.56 bits per heavy atom. The van der Waals surface area contributed by atoms with Gasteiger partial charge in [0.1, 0.15) is 6.67 Å². The van der Waals surface area contributed by atoms with E-state index in [2.05, 4.69) is 10.3 Å². The molecule has 0 saturated carbocycles. The first-order valence-corrected chi connectivity index (χ1v) is 2.67. The highest BCUT2D eigenvalue weighted by Gasteiger charge is 2.03. The standard InChI is InChI=1S/C5H8FN3/c1-4-5(3-6)9(2)8-7-4/h3H2,1-2H3. The number of nitrogens with zero attached hydrogens (tertiary/aromatic N) is 3. The summed E-state index contributed by atoms with van der Waals surface area (Å²) >= 11 is 0. The van der Waals surface area contributed by atoms with Gasteiger partial charge in [0.2, 0.25) is 0 Å². The summed E-state index contributed by atoms with van der Waals surface area (Å²) < 4.78 is 13.4. The van der Waals surface area contributed by atoms with Crippen LogP contribution in [0.2, 0.25) is 0 Å². The Balaban J connectivity index is 3.07. The summed E-state index contributed by atoms with van der Waals surface area (Å²) in [5.74, 6) is 0. The van der Waals surface area contributed by atoms with Gasteiger partial charge < -0.3 is 0 Å². The van der Waals surface area contributed by atoms with Crippen molar-refractivity contribution in [2.75, 3.05) is 0 Å². The topological polar surface area (TPSA) is 30.7 Å². The van der Waals surface area contributed by atoms with Crippen molar-refractivity contribution >= 4 is 0 Å². The molecule has 0 amide bonds. The van der Waals surface area contributed by atoms with E-state index >= 15 is 0 Å². The predicted molar refractivity (Wildman–Crippen MR) is 30.6 cm³/mol. The smallest absolute Gasteiger partial charge is 0.133 e. The van der Waals surface area contributed by atoms with Gasteiger partial charge in [-0.1, -0.05) is 5.21 Å². The largest absolute Gasteiger partial charge is 0.249 e. The van der Waals surface area contributed by atoms with Gasteiger partial charge in [-0.15, -0.1) is 5.10 Å². The lowest BCUT2D eigenvalue weighted by atomic mass is 10.4. The number of aromatic nitrogens is 3. The third-order valence-corrected chi connectivity index (χ3v) is 1.26. The van der Waals surface area contributed by atoms with Gasteiger partial charge in [0.25, 0.3) is 0 Å². The first-order chi connectivity index (χ1) is 4.25. The average molecular weight is 129 g/mol. The van der Waals surface area contributed by atoms with Crippen LogP contribution in [-0.4, -0.2) is 15.0 Å². The summed E-state index contributed by atoms with van der Waals surface area (Å²) in [7, 11) is 1.68. The Morgan fingerprint density at radius 2 is 2.33 bits per heavy atom. The van der Waals surface area contributed by atoms with Gasteiger partial charge in [-0.25, -0.2) is 9.07 Å². The summed E-state index contributed by atoms with van der Waals surface area (Å²) in [5.41, 5.74) is 1.22. The molecule has 1 aromatic heterocycles. The molecule has 0 aromatic carbocycles. The lowest BCUT2D eigenvalue weighted by molar-refractivity contribution is 0.456. The minimum atomic E-state index is -0.491. The molecule has 1 heterocycles. The molecule has 0 N–H and O–H groups in total. The van der Waals surface area contributed by atoms with E-state index in [4.69, 9.17) is 0 Å². The van der Waals surface area contributed by atoms with E-state index in [-0.39, 0.29) is 0 Å². The van der Waals surface area contributed by atoms with E-state index in [9.17, 15) is 4.39 Å². The van der Waals surface area contributed by atoms with Gasteiger partial charge in [-0.05, 0) is 6.92 Å². The maximum Gasteiger partial charge on any atom is 0.133 e. The molecule has 9 heavy (non-hydrogen) atoms. The highest BCUT2D eigenvalue weighted by molar-refractivity contribution is 5.05. The Morgan fingerprint density at radius 1 is 1.67 bits per heavy atom. The minimum Gasteiger partial charge on any atom is -0.249 e. The third kappa shape index (κ3) is 0.918. The zero-order valence-corrected chi connectivity index (χ0v) is 5.43. The van der Waals surface area contributed by atoms with Crippen LogP contribution in [0.3, 0.4) is 0 Å². The maximum absolute atomic E-state index is 12.0. The molecule has 0 unspecified atom stereocenters. The average Bonchev–Trinajstić information content (AvgIpc) is 2.12. The second kappa shape index (κ2) is 2.13. The third-order valence-electron chi connectivity index (χ3n) is 1.26. The van der Waals surface area contributed by atoms with Crippen molar-refractivity contribution in [2.45, 2.75) is 13.6 Å². The molecule has 0 fully saturated rings. The van der Waals surface area contributed by atoms with E-state index in [0.29, 0.717) is 11.4 Å². The molecule has 0 aliphatic heterocycles. The second-order valence-electron chi connectivity index (χ2n) is 1.88. The lowest BCUT2D eigenvalue weighted by Crippen LogP contribution is -1.96. The van der Waals surface area contributed by atoms with Crippen LogP contribution in [0.25, 0.3) is 0 Å². The molecular formula is C5H8FN3. The van der Waals surface area contributed by atoms with Crippen LogP contribution in [0.5, 0.6) is 0 Å². The summed E-state index contributed by atoms with van der Waals surface area (Å²) in [5, 5.41) is 7.27. The van der Waals surface area contributed by atoms with Crippen LogP contribution in [0, 0.1) is 6.92 Å². The number of hydrogen-bond donors (Lipinski definition) is 0. The van der Waals surface area contributed by atoms with Crippen molar-refractivity contribution in [2.24, 2.45) is 7.05 Å². The van der Waals surface area contributed by atoms with E-state index < -0.39 is 6.67 Å². The molecule has 1 rings (SSSR count).